The lowest BCUT2D eigenvalue weighted by Gasteiger charge is -2.41. The van der Waals surface area contributed by atoms with E-state index in [4.69, 9.17) is 28.2 Å². The van der Waals surface area contributed by atoms with Crippen LogP contribution in [0.15, 0.2) is 47.3 Å². The average Bonchev–Trinajstić information content (AvgIpc) is 2.86. The van der Waals surface area contributed by atoms with Crippen LogP contribution in [0.25, 0.3) is 16.6 Å². The molecule has 0 aliphatic carbocycles. The van der Waals surface area contributed by atoms with Crippen molar-refractivity contribution in [2.24, 2.45) is 5.41 Å². The number of rotatable bonds is 6. The zero-order valence-corrected chi connectivity index (χ0v) is 21.6. The maximum absolute atomic E-state index is 13.9. The molecule has 4 rings (SSSR count). The fraction of sp³-hybridized carbons (Fsp3) is 0.423. The van der Waals surface area contributed by atoms with E-state index >= 15 is 0 Å². The molecular weight excluding hydrogens is 490 g/mol. The van der Waals surface area contributed by atoms with Crippen LogP contribution in [0.5, 0.6) is 0 Å². The molecule has 0 bridgehead atoms. The molecule has 1 fully saturated rings. The molecule has 0 saturated carbocycles. The van der Waals surface area contributed by atoms with E-state index in [1.165, 1.54) is 16.7 Å². The Hall–Kier alpha value is -2.48. The van der Waals surface area contributed by atoms with Gasteiger partial charge in [-0.1, -0.05) is 30.7 Å². The van der Waals surface area contributed by atoms with Gasteiger partial charge in [-0.3, -0.25) is 19.1 Å². The number of hydrogen-bond donors (Lipinski definition) is 0. The Balaban J connectivity index is 1.74. The van der Waals surface area contributed by atoms with Gasteiger partial charge in [-0.25, -0.2) is 9.37 Å². The second kappa shape index (κ2) is 10.2. The third kappa shape index (κ3) is 4.95. The van der Waals surface area contributed by atoms with Crippen LogP contribution in [0.2, 0.25) is 5.02 Å². The van der Waals surface area contributed by atoms with Gasteiger partial charge in [0, 0.05) is 32.1 Å². The van der Waals surface area contributed by atoms with E-state index in [0.29, 0.717) is 55.0 Å². The first-order chi connectivity index (χ1) is 16.7. The van der Waals surface area contributed by atoms with Crippen molar-refractivity contribution >= 4 is 40.0 Å². The van der Waals surface area contributed by atoms with Crippen LogP contribution in [0.3, 0.4) is 0 Å². The number of para-hydroxylation sites is 1. The molecule has 2 heterocycles. The second-order valence-corrected chi connectivity index (χ2v) is 10.2. The SMILES string of the molecule is CCC(c1nc2ccccc2c(=O)n1-c1ccc(F)c(Cl)c1)N1CCN(C(=O)C(C)(C)CCl)CC1. The van der Waals surface area contributed by atoms with E-state index in [0.717, 1.165) is 0 Å². The summed E-state index contributed by atoms with van der Waals surface area (Å²) in [6, 6.07) is 11.3. The van der Waals surface area contributed by atoms with Crippen molar-refractivity contribution in [3.05, 3.63) is 69.5 Å². The monoisotopic (exact) mass is 518 g/mol. The first-order valence-electron chi connectivity index (χ1n) is 11.7. The van der Waals surface area contributed by atoms with Crippen LogP contribution in [-0.4, -0.2) is 57.3 Å². The Morgan fingerprint density at radius 2 is 1.83 bits per heavy atom. The van der Waals surface area contributed by atoms with Gasteiger partial charge in [0.2, 0.25) is 5.91 Å². The van der Waals surface area contributed by atoms with Crippen LogP contribution >= 0.6 is 23.2 Å². The topological polar surface area (TPSA) is 58.4 Å². The average molecular weight is 519 g/mol. The molecule has 1 aliphatic heterocycles. The lowest BCUT2D eigenvalue weighted by molar-refractivity contribution is -0.141. The highest BCUT2D eigenvalue weighted by atomic mass is 35.5. The third-order valence-electron chi connectivity index (χ3n) is 6.60. The molecule has 186 valence electrons. The van der Waals surface area contributed by atoms with E-state index < -0.39 is 11.2 Å². The quantitative estimate of drug-likeness (QED) is 0.429. The summed E-state index contributed by atoms with van der Waals surface area (Å²) in [4.78, 5) is 35.5. The van der Waals surface area contributed by atoms with Crippen molar-refractivity contribution in [2.75, 3.05) is 32.1 Å². The molecule has 1 saturated heterocycles. The van der Waals surface area contributed by atoms with Crippen LogP contribution in [-0.2, 0) is 4.79 Å². The zero-order chi connectivity index (χ0) is 25.3. The number of piperazine rings is 1. The normalized spacial score (nSPS) is 16.0. The highest BCUT2D eigenvalue weighted by molar-refractivity contribution is 6.30. The molecule has 6 nitrogen and oxygen atoms in total. The van der Waals surface area contributed by atoms with Crippen molar-refractivity contribution in [1.29, 1.82) is 0 Å². The predicted molar refractivity (Wildman–Crippen MR) is 138 cm³/mol. The number of fused-ring (bicyclic) bond motifs is 1. The largest absolute Gasteiger partial charge is 0.340 e. The minimum absolute atomic E-state index is 0.0434. The fourth-order valence-electron chi connectivity index (χ4n) is 4.57. The number of nitrogens with zero attached hydrogens (tertiary/aromatic N) is 4. The molecular formula is C26H29Cl2FN4O2. The molecule has 1 aliphatic rings. The van der Waals surface area contributed by atoms with Gasteiger partial charge in [-0.05, 0) is 50.6 Å². The molecule has 1 aromatic heterocycles. The number of halogens is 3. The lowest BCUT2D eigenvalue weighted by atomic mass is 9.94. The molecule has 0 N–H and O–H groups in total. The highest BCUT2D eigenvalue weighted by Crippen LogP contribution is 2.29. The molecule has 1 atom stereocenters. The summed E-state index contributed by atoms with van der Waals surface area (Å²) in [5, 5.41) is 0.417. The summed E-state index contributed by atoms with van der Waals surface area (Å²) in [6.45, 7) is 8.16. The number of amides is 1. The first kappa shape index (κ1) is 25.6. The number of carbonyl (C=O) groups excluding carboxylic acids is 1. The zero-order valence-electron chi connectivity index (χ0n) is 20.1. The molecule has 3 aromatic rings. The van der Waals surface area contributed by atoms with E-state index in [1.807, 2.05) is 37.8 Å². The first-order valence-corrected chi connectivity index (χ1v) is 12.7. The lowest BCUT2D eigenvalue weighted by Crippen LogP contribution is -2.53. The summed E-state index contributed by atoms with van der Waals surface area (Å²) >= 11 is 12.1. The van der Waals surface area contributed by atoms with E-state index in [-0.39, 0.29) is 28.4 Å². The smallest absolute Gasteiger partial charge is 0.266 e. The maximum atomic E-state index is 13.9. The van der Waals surface area contributed by atoms with E-state index in [9.17, 15) is 14.0 Å². The van der Waals surface area contributed by atoms with E-state index in [2.05, 4.69) is 4.90 Å². The summed E-state index contributed by atoms with van der Waals surface area (Å²) in [6.07, 6.45) is 0.695. The Bertz CT molecular complexity index is 1300. The number of alkyl halides is 1. The van der Waals surface area contributed by atoms with Gasteiger partial charge in [-0.2, -0.15) is 0 Å². The molecule has 0 radical (unpaired) electrons. The minimum Gasteiger partial charge on any atom is -0.340 e. The molecule has 0 spiro atoms. The number of benzene rings is 2. The summed E-state index contributed by atoms with van der Waals surface area (Å²) in [7, 11) is 0. The third-order valence-corrected chi connectivity index (χ3v) is 7.56. The molecule has 2 aromatic carbocycles. The predicted octanol–water partition coefficient (Wildman–Crippen LogP) is 5.04. The Kier molecular flexibility index (Phi) is 7.50. The van der Waals surface area contributed by atoms with Gasteiger partial charge >= 0.3 is 0 Å². The number of aromatic nitrogens is 2. The van der Waals surface area contributed by atoms with Gasteiger partial charge in [-0.15, -0.1) is 11.6 Å². The number of hydrogen-bond acceptors (Lipinski definition) is 4. The summed E-state index contributed by atoms with van der Waals surface area (Å²) in [5.41, 5.74) is 0.221. The molecule has 1 amide bonds. The molecule has 1 unspecified atom stereocenters. The Labute approximate surface area is 214 Å². The van der Waals surface area contributed by atoms with Crippen LogP contribution in [0.4, 0.5) is 4.39 Å². The van der Waals surface area contributed by atoms with Gasteiger partial charge in [0.05, 0.1) is 33.1 Å². The van der Waals surface area contributed by atoms with Crippen LogP contribution in [0, 0.1) is 11.2 Å². The van der Waals surface area contributed by atoms with Crippen molar-refractivity contribution < 1.29 is 9.18 Å². The van der Waals surface area contributed by atoms with Gasteiger partial charge < -0.3 is 4.90 Å². The fourth-order valence-corrected chi connectivity index (χ4v) is 4.86. The minimum atomic E-state index is -0.615. The second-order valence-electron chi connectivity index (χ2n) is 9.50. The van der Waals surface area contributed by atoms with Gasteiger partial charge in [0.25, 0.3) is 5.56 Å². The molecule has 35 heavy (non-hydrogen) atoms. The standard InChI is InChI=1S/C26H29Cl2FN4O2/c1-4-22(31-11-13-32(14-12-31)25(35)26(2,3)16-27)23-30-21-8-6-5-7-18(21)24(34)33(23)17-9-10-20(29)19(28)15-17/h5-10,15,22H,4,11-14,16H2,1-3H3. The summed E-state index contributed by atoms with van der Waals surface area (Å²) < 4.78 is 15.4. The van der Waals surface area contributed by atoms with E-state index in [1.54, 1.807) is 18.2 Å². The van der Waals surface area contributed by atoms with Crippen LogP contribution in [0.1, 0.15) is 39.1 Å². The highest BCUT2D eigenvalue weighted by Gasteiger charge is 2.35. The van der Waals surface area contributed by atoms with Gasteiger partial charge in [0.1, 0.15) is 11.6 Å². The Morgan fingerprint density at radius 3 is 2.46 bits per heavy atom. The van der Waals surface area contributed by atoms with Crippen LogP contribution < -0.4 is 5.56 Å². The molecule has 9 heteroatoms. The Morgan fingerprint density at radius 1 is 1.14 bits per heavy atom. The summed E-state index contributed by atoms with van der Waals surface area (Å²) in [5.74, 6) is 0.324. The van der Waals surface area contributed by atoms with Gasteiger partial charge in [0.15, 0.2) is 0 Å². The van der Waals surface area contributed by atoms with Crippen molar-refractivity contribution in [1.82, 2.24) is 19.4 Å². The van der Waals surface area contributed by atoms with Crippen molar-refractivity contribution in [2.45, 2.75) is 33.2 Å². The van der Waals surface area contributed by atoms with Crippen molar-refractivity contribution in [3.63, 3.8) is 0 Å². The van der Waals surface area contributed by atoms with Crippen molar-refractivity contribution in [3.8, 4) is 5.69 Å². The number of carbonyl (C=O) groups is 1. The maximum Gasteiger partial charge on any atom is 0.266 e.